The molecule has 0 aliphatic carbocycles. The van der Waals surface area contributed by atoms with Crippen LogP contribution >= 0.6 is 11.6 Å². The molecule has 3 aliphatic heterocycles. The van der Waals surface area contributed by atoms with E-state index in [9.17, 15) is 14.4 Å². The van der Waals surface area contributed by atoms with Gasteiger partial charge in [-0.2, -0.15) is 5.10 Å². The van der Waals surface area contributed by atoms with Gasteiger partial charge in [0.2, 0.25) is 5.41 Å². The van der Waals surface area contributed by atoms with Crippen molar-refractivity contribution < 1.29 is 23.9 Å². The Morgan fingerprint density at radius 1 is 1.00 bits per heavy atom. The number of esters is 2. The molecule has 0 N–H and O–H groups in total. The summed E-state index contributed by atoms with van der Waals surface area (Å²) in [4.78, 5) is 40.6. The summed E-state index contributed by atoms with van der Waals surface area (Å²) in [5.41, 5.74) is 0.0627. The van der Waals surface area contributed by atoms with Gasteiger partial charge in [0, 0.05) is 24.8 Å². The number of rotatable bonds is 2. The molecule has 2 saturated heterocycles. The number of hydrazone groups is 1. The van der Waals surface area contributed by atoms with Gasteiger partial charge in [-0.05, 0) is 29.7 Å². The van der Waals surface area contributed by atoms with E-state index in [0.29, 0.717) is 16.1 Å². The highest BCUT2D eigenvalue weighted by Gasteiger charge is 2.75. The number of Topliss-reactive ketones (excluding diaryl/α,β-unsaturated/α-hetero) is 1. The Labute approximate surface area is 189 Å². The predicted octanol–water partition coefficient (Wildman–Crippen LogP) is 3.61. The van der Waals surface area contributed by atoms with Crippen LogP contribution in [0.25, 0.3) is 0 Å². The van der Waals surface area contributed by atoms with Crippen LogP contribution in [0, 0.1) is 5.41 Å². The SMILES string of the molecule is CC(=O)[C@H]1[C@H](c2ccccc2Cl)C2(C(=O)OC(C)(C)OC2=O)[C@@H]2c3ccccc3C=NN21. The van der Waals surface area contributed by atoms with Crippen LogP contribution in [0.15, 0.2) is 53.6 Å². The highest BCUT2D eigenvalue weighted by molar-refractivity contribution is 6.31. The van der Waals surface area contributed by atoms with Crippen LogP contribution in [-0.2, 0) is 23.9 Å². The molecule has 8 heteroatoms. The number of carbonyl (C=O) groups excluding carboxylic acids is 3. The van der Waals surface area contributed by atoms with Crippen molar-refractivity contribution in [2.45, 2.75) is 44.6 Å². The number of ether oxygens (including phenoxy) is 2. The van der Waals surface area contributed by atoms with E-state index in [4.69, 9.17) is 21.1 Å². The van der Waals surface area contributed by atoms with Crippen LogP contribution < -0.4 is 0 Å². The Morgan fingerprint density at radius 2 is 1.59 bits per heavy atom. The first-order valence-corrected chi connectivity index (χ1v) is 10.7. The summed E-state index contributed by atoms with van der Waals surface area (Å²) in [5.74, 6) is -4.15. The second-order valence-corrected chi connectivity index (χ2v) is 9.17. The molecule has 0 amide bonds. The molecule has 7 nitrogen and oxygen atoms in total. The fourth-order valence-corrected chi connectivity index (χ4v) is 5.49. The average molecular weight is 453 g/mol. The van der Waals surface area contributed by atoms with Gasteiger partial charge >= 0.3 is 11.9 Å². The first kappa shape index (κ1) is 20.7. The minimum atomic E-state index is -1.87. The first-order chi connectivity index (χ1) is 15.2. The van der Waals surface area contributed by atoms with Crippen molar-refractivity contribution in [1.29, 1.82) is 0 Å². The number of nitrogens with zero attached hydrogens (tertiary/aromatic N) is 2. The van der Waals surface area contributed by atoms with Crippen LogP contribution in [0.4, 0.5) is 0 Å². The molecule has 32 heavy (non-hydrogen) atoms. The summed E-state index contributed by atoms with van der Waals surface area (Å²) in [5, 5.41) is 6.40. The molecule has 5 rings (SSSR count). The smallest absolute Gasteiger partial charge is 0.330 e. The quantitative estimate of drug-likeness (QED) is 0.511. The van der Waals surface area contributed by atoms with E-state index in [1.165, 1.54) is 20.8 Å². The van der Waals surface area contributed by atoms with E-state index < -0.39 is 41.1 Å². The number of hydrogen-bond acceptors (Lipinski definition) is 7. The molecule has 1 spiro atoms. The summed E-state index contributed by atoms with van der Waals surface area (Å²) in [7, 11) is 0. The summed E-state index contributed by atoms with van der Waals surface area (Å²) in [6.45, 7) is 4.43. The van der Waals surface area contributed by atoms with Crippen molar-refractivity contribution >= 4 is 35.5 Å². The molecule has 0 radical (unpaired) electrons. The zero-order chi connectivity index (χ0) is 22.8. The number of halogens is 1. The third kappa shape index (κ3) is 2.67. The van der Waals surface area contributed by atoms with Gasteiger partial charge in [0.15, 0.2) is 5.78 Å². The molecule has 3 atom stereocenters. The van der Waals surface area contributed by atoms with E-state index >= 15 is 0 Å². The van der Waals surface area contributed by atoms with Crippen LogP contribution in [0.1, 0.15) is 49.4 Å². The van der Waals surface area contributed by atoms with E-state index in [1.807, 2.05) is 24.3 Å². The first-order valence-electron chi connectivity index (χ1n) is 10.3. The van der Waals surface area contributed by atoms with Crippen molar-refractivity contribution in [3.8, 4) is 0 Å². The highest BCUT2D eigenvalue weighted by atomic mass is 35.5. The Kier molecular flexibility index (Phi) is 4.47. The van der Waals surface area contributed by atoms with Gasteiger partial charge in [0.25, 0.3) is 5.79 Å². The zero-order valence-corrected chi connectivity index (χ0v) is 18.5. The molecule has 0 aromatic heterocycles. The third-order valence-corrected chi connectivity index (χ3v) is 6.76. The Balaban J connectivity index is 1.85. The summed E-state index contributed by atoms with van der Waals surface area (Å²) in [6.07, 6.45) is 1.63. The van der Waals surface area contributed by atoms with E-state index in [-0.39, 0.29) is 5.78 Å². The minimum absolute atomic E-state index is 0.251. The normalized spacial score (nSPS) is 26.9. The van der Waals surface area contributed by atoms with Crippen molar-refractivity contribution in [3.05, 3.63) is 70.2 Å². The van der Waals surface area contributed by atoms with Crippen LogP contribution in [0.5, 0.6) is 0 Å². The van der Waals surface area contributed by atoms with Gasteiger partial charge in [-0.3, -0.25) is 19.4 Å². The summed E-state index contributed by atoms with van der Waals surface area (Å²) >= 11 is 6.55. The average Bonchev–Trinajstić information content (AvgIpc) is 3.05. The molecule has 2 aromatic carbocycles. The van der Waals surface area contributed by atoms with Gasteiger partial charge in [0.1, 0.15) is 12.1 Å². The maximum atomic E-state index is 13.8. The van der Waals surface area contributed by atoms with Gasteiger partial charge in [0.05, 0.1) is 6.21 Å². The molecule has 3 heterocycles. The topological polar surface area (TPSA) is 85.3 Å². The monoisotopic (exact) mass is 452 g/mol. The lowest BCUT2D eigenvalue weighted by molar-refractivity contribution is -0.254. The lowest BCUT2D eigenvalue weighted by Crippen LogP contribution is -2.58. The maximum absolute atomic E-state index is 13.8. The minimum Gasteiger partial charge on any atom is -0.422 e. The Morgan fingerprint density at radius 3 is 2.22 bits per heavy atom. The molecule has 2 aromatic rings. The largest absolute Gasteiger partial charge is 0.422 e. The predicted molar refractivity (Wildman–Crippen MR) is 116 cm³/mol. The van der Waals surface area contributed by atoms with Gasteiger partial charge in [-0.15, -0.1) is 0 Å². The van der Waals surface area contributed by atoms with Crippen molar-refractivity contribution in [1.82, 2.24) is 5.01 Å². The Hall–Kier alpha value is -3.19. The van der Waals surface area contributed by atoms with Crippen LogP contribution in [0.2, 0.25) is 5.02 Å². The molecule has 0 saturated carbocycles. The zero-order valence-electron chi connectivity index (χ0n) is 17.7. The number of carbonyl (C=O) groups is 3. The molecule has 2 fully saturated rings. The van der Waals surface area contributed by atoms with Crippen LogP contribution in [0.3, 0.4) is 0 Å². The molecular formula is C24H21ClN2O5. The number of cyclic esters (lactones) is 2. The van der Waals surface area contributed by atoms with Crippen LogP contribution in [-0.4, -0.2) is 40.8 Å². The van der Waals surface area contributed by atoms with E-state index in [2.05, 4.69) is 5.10 Å². The number of fused-ring (bicyclic) bond motifs is 4. The molecule has 0 unspecified atom stereocenters. The molecular weight excluding hydrogens is 432 g/mol. The maximum Gasteiger partial charge on any atom is 0.330 e. The molecule has 0 bridgehead atoms. The Bertz CT molecular complexity index is 1170. The second kappa shape index (κ2) is 6.90. The molecule has 164 valence electrons. The fraction of sp³-hybridized carbons (Fsp3) is 0.333. The molecule has 3 aliphatic rings. The van der Waals surface area contributed by atoms with Crippen molar-refractivity contribution in [2.24, 2.45) is 10.5 Å². The van der Waals surface area contributed by atoms with Gasteiger partial charge in [-0.1, -0.05) is 54.1 Å². The fourth-order valence-electron chi connectivity index (χ4n) is 5.23. The van der Waals surface area contributed by atoms with E-state index in [0.717, 1.165) is 5.56 Å². The van der Waals surface area contributed by atoms with Crippen molar-refractivity contribution in [3.63, 3.8) is 0 Å². The highest BCUT2D eigenvalue weighted by Crippen LogP contribution is 2.63. The lowest BCUT2D eigenvalue weighted by atomic mass is 9.65. The number of hydrogen-bond donors (Lipinski definition) is 0. The third-order valence-electron chi connectivity index (χ3n) is 6.42. The number of benzene rings is 2. The lowest BCUT2D eigenvalue weighted by Gasteiger charge is -2.44. The second-order valence-electron chi connectivity index (χ2n) is 8.76. The van der Waals surface area contributed by atoms with Gasteiger partial charge < -0.3 is 9.47 Å². The standard InChI is InChI=1S/C24H21ClN2O5/c1-13(28)19-18(16-10-6-7-11-17(16)25)24(21(29)31-23(2,3)32-22(24)30)20-15-9-5-4-8-14(15)12-26-27(19)20/h4-12,18-20H,1-3H3/t18-,19-,20-/m0/s1. The van der Waals surface area contributed by atoms with Crippen molar-refractivity contribution in [2.75, 3.05) is 0 Å². The number of ketones is 1. The summed E-state index contributed by atoms with van der Waals surface area (Å²) in [6, 6.07) is 12.4. The van der Waals surface area contributed by atoms with Gasteiger partial charge in [-0.25, -0.2) is 0 Å². The summed E-state index contributed by atoms with van der Waals surface area (Å²) < 4.78 is 11.3. The van der Waals surface area contributed by atoms with E-state index in [1.54, 1.807) is 35.5 Å².